The molecule has 2 rings (SSSR count). The van der Waals surface area contributed by atoms with Gasteiger partial charge >= 0.3 is 0 Å². The first kappa shape index (κ1) is 14.7. The van der Waals surface area contributed by atoms with Crippen molar-refractivity contribution in [3.05, 3.63) is 28.2 Å². The van der Waals surface area contributed by atoms with Gasteiger partial charge in [0.1, 0.15) is 0 Å². The summed E-state index contributed by atoms with van der Waals surface area (Å²) >= 11 is 11.7. The van der Waals surface area contributed by atoms with Gasteiger partial charge < -0.3 is 5.32 Å². The Balaban J connectivity index is 1.78. The van der Waals surface area contributed by atoms with Crippen LogP contribution in [0.2, 0.25) is 10.0 Å². The molecule has 0 atom stereocenters. The molecule has 1 saturated carbocycles. The molecule has 1 aliphatic carbocycles. The van der Waals surface area contributed by atoms with E-state index in [0.717, 1.165) is 12.3 Å². The van der Waals surface area contributed by atoms with Crippen molar-refractivity contribution < 1.29 is 4.79 Å². The summed E-state index contributed by atoms with van der Waals surface area (Å²) in [5, 5.41) is 3.83. The van der Waals surface area contributed by atoms with Crippen LogP contribution in [0.4, 0.5) is 5.69 Å². The van der Waals surface area contributed by atoms with E-state index in [-0.39, 0.29) is 5.91 Å². The van der Waals surface area contributed by atoms with Crippen LogP contribution in [0.25, 0.3) is 0 Å². The summed E-state index contributed by atoms with van der Waals surface area (Å²) < 4.78 is 0. The van der Waals surface area contributed by atoms with Crippen LogP contribution in [0.1, 0.15) is 44.9 Å². The molecule has 1 fully saturated rings. The van der Waals surface area contributed by atoms with Crippen LogP contribution >= 0.6 is 23.2 Å². The molecule has 0 aliphatic heterocycles. The van der Waals surface area contributed by atoms with Gasteiger partial charge in [0.2, 0.25) is 5.91 Å². The third kappa shape index (κ3) is 4.70. The minimum absolute atomic E-state index is 0.0592. The SMILES string of the molecule is O=C(CCC1CCCCC1)Nc1ccc(Cl)c(Cl)c1. The highest BCUT2D eigenvalue weighted by molar-refractivity contribution is 6.42. The van der Waals surface area contributed by atoms with E-state index in [2.05, 4.69) is 5.32 Å². The zero-order valence-electron chi connectivity index (χ0n) is 10.9. The van der Waals surface area contributed by atoms with Gasteiger partial charge in [0.15, 0.2) is 0 Å². The Morgan fingerprint density at radius 1 is 1.16 bits per heavy atom. The predicted octanol–water partition coefficient (Wildman–Crippen LogP) is 5.29. The molecule has 1 aromatic carbocycles. The zero-order valence-corrected chi connectivity index (χ0v) is 12.4. The fourth-order valence-electron chi connectivity index (χ4n) is 2.61. The third-order valence-electron chi connectivity index (χ3n) is 3.71. The lowest BCUT2D eigenvalue weighted by Gasteiger charge is -2.21. The summed E-state index contributed by atoms with van der Waals surface area (Å²) in [4.78, 5) is 11.9. The quantitative estimate of drug-likeness (QED) is 0.804. The smallest absolute Gasteiger partial charge is 0.224 e. The maximum Gasteiger partial charge on any atom is 0.224 e. The van der Waals surface area contributed by atoms with Crippen LogP contribution in [-0.2, 0) is 4.79 Å². The van der Waals surface area contributed by atoms with Gasteiger partial charge in [0.25, 0.3) is 0 Å². The number of hydrogen-bond donors (Lipinski definition) is 1. The van der Waals surface area contributed by atoms with Crippen molar-refractivity contribution in [3.63, 3.8) is 0 Å². The van der Waals surface area contributed by atoms with Gasteiger partial charge in [0.05, 0.1) is 10.0 Å². The molecule has 0 heterocycles. The van der Waals surface area contributed by atoms with Crippen LogP contribution < -0.4 is 5.32 Å². The first-order chi connectivity index (χ1) is 9.15. The minimum Gasteiger partial charge on any atom is -0.326 e. The van der Waals surface area contributed by atoms with Gasteiger partial charge in [-0.1, -0.05) is 55.3 Å². The zero-order chi connectivity index (χ0) is 13.7. The number of anilines is 1. The number of benzene rings is 1. The minimum atomic E-state index is 0.0592. The summed E-state index contributed by atoms with van der Waals surface area (Å²) in [5.74, 6) is 0.789. The molecule has 19 heavy (non-hydrogen) atoms. The van der Waals surface area contributed by atoms with E-state index in [9.17, 15) is 4.79 Å². The average Bonchev–Trinajstić information content (AvgIpc) is 2.42. The van der Waals surface area contributed by atoms with Crippen molar-refractivity contribution in [3.8, 4) is 0 Å². The molecule has 1 N–H and O–H groups in total. The van der Waals surface area contributed by atoms with E-state index in [1.165, 1.54) is 32.1 Å². The number of amides is 1. The molecule has 1 aromatic rings. The molecule has 104 valence electrons. The van der Waals surface area contributed by atoms with Crippen LogP contribution in [0.15, 0.2) is 18.2 Å². The van der Waals surface area contributed by atoms with E-state index in [4.69, 9.17) is 23.2 Å². The molecule has 0 saturated heterocycles. The predicted molar refractivity (Wildman–Crippen MR) is 80.9 cm³/mol. The molecular weight excluding hydrogens is 281 g/mol. The molecule has 0 unspecified atom stereocenters. The van der Waals surface area contributed by atoms with Gasteiger partial charge in [0, 0.05) is 12.1 Å². The lowest BCUT2D eigenvalue weighted by atomic mass is 9.86. The van der Waals surface area contributed by atoms with Gasteiger partial charge in [-0.25, -0.2) is 0 Å². The topological polar surface area (TPSA) is 29.1 Å². The number of rotatable bonds is 4. The largest absolute Gasteiger partial charge is 0.326 e. The third-order valence-corrected chi connectivity index (χ3v) is 4.45. The highest BCUT2D eigenvalue weighted by Gasteiger charge is 2.14. The highest BCUT2D eigenvalue weighted by atomic mass is 35.5. The molecule has 1 amide bonds. The van der Waals surface area contributed by atoms with Crippen molar-refractivity contribution in [2.45, 2.75) is 44.9 Å². The maximum absolute atomic E-state index is 11.9. The standard InChI is InChI=1S/C15H19Cl2NO/c16-13-8-7-12(10-14(13)17)18-15(19)9-6-11-4-2-1-3-5-11/h7-8,10-11H,1-6,9H2,(H,18,19). The lowest BCUT2D eigenvalue weighted by molar-refractivity contribution is -0.116. The van der Waals surface area contributed by atoms with Gasteiger partial charge in [-0.3, -0.25) is 4.79 Å². The molecule has 4 heteroatoms. The summed E-state index contributed by atoms with van der Waals surface area (Å²) in [6, 6.07) is 5.15. The van der Waals surface area contributed by atoms with E-state index < -0.39 is 0 Å². The molecule has 0 spiro atoms. The molecule has 0 radical (unpaired) electrons. The number of hydrogen-bond acceptors (Lipinski definition) is 1. The second-order valence-electron chi connectivity index (χ2n) is 5.22. The van der Waals surface area contributed by atoms with E-state index in [1.807, 2.05) is 0 Å². The molecule has 2 nitrogen and oxygen atoms in total. The number of halogens is 2. The normalized spacial score (nSPS) is 16.3. The number of carbonyl (C=O) groups excluding carboxylic acids is 1. The molecule has 1 aliphatic rings. The number of carbonyl (C=O) groups is 1. The lowest BCUT2D eigenvalue weighted by Crippen LogP contribution is -2.14. The Morgan fingerprint density at radius 2 is 1.89 bits per heavy atom. The molecule has 0 bridgehead atoms. The van der Waals surface area contributed by atoms with Crippen molar-refractivity contribution in [2.24, 2.45) is 5.92 Å². The van der Waals surface area contributed by atoms with E-state index in [0.29, 0.717) is 22.2 Å². The second-order valence-corrected chi connectivity index (χ2v) is 6.03. The summed E-state index contributed by atoms with van der Waals surface area (Å²) in [6.07, 6.45) is 8.13. The monoisotopic (exact) mass is 299 g/mol. The van der Waals surface area contributed by atoms with Crippen LogP contribution in [-0.4, -0.2) is 5.91 Å². The Labute approximate surface area is 124 Å². The first-order valence-corrected chi connectivity index (χ1v) is 7.65. The number of nitrogens with one attached hydrogen (secondary N) is 1. The van der Waals surface area contributed by atoms with Crippen LogP contribution in [0, 0.1) is 5.92 Å². The van der Waals surface area contributed by atoms with Crippen molar-refractivity contribution in [2.75, 3.05) is 5.32 Å². The maximum atomic E-state index is 11.9. The van der Waals surface area contributed by atoms with Crippen LogP contribution in [0.3, 0.4) is 0 Å². The summed E-state index contributed by atoms with van der Waals surface area (Å²) in [5.41, 5.74) is 0.711. The van der Waals surface area contributed by atoms with Crippen molar-refractivity contribution in [1.29, 1.82) is 0 Å². The Morgan fingerprint density at radius 3 is 2.58 bits per heavy atom. The van der Waals surface area contributed by atoms with Gasteiger partial charge in [-0.15, -0.1) is 0 Å². The van der Waals surface area contributed by atoms with Crippen molar-refractivity contribution in [1.82, 2.24) is 0 Å². The first-order valence-electron chi connectivity index (χ1n) is 6.90. The van der Waals surface area contributed by atoms with Crippen molar-refractivity contribution >= 4 is 34.8 Å². The van der Waals surface area contributed by atoms with Gasteiger partial charge in [-0.2, -0.15) is 0 Å². The van der Waals surface area contributed by atoms with E-state index in [1.54, 1.807) is 18.2 Å². The molecule has 0 aromatic heterocycles. The van der Waals surface area contributed by atoms with Crippen LogP contribution in [0.5, 0.6) is 0 Å². The Hall–Kier alpha value is -0.730. The molecular formula is C15H19Cl2NO. The fraction of sp³-hybridized carbons (Fsp3) is 0.533. The highest BCUT2D eigenvalue weighted by Crippen LogP contribution is 2.28. The Kier molecular flexibility index (Phi) is 5.53. The van der Waals surface area contributed by atoms with E-state index >= 15 is 0 Å². The summed E-state index contributed by atoms with van der Waals surface area (Å²) in [7, 11) is 0. The fourth-order valence-corrected chi connectivity index (χ4v) is 2.91. The summed E-state index contributed by atoms with van der Waals surface area (Å²) in [6.45, 7) is 0. The Bertz CT molecular complexity index is 442. The second kappa shape index (κ2) is 7.16. The van der Waals surface area contributed by atoms with Gasteiger partial charge in [-0.05, 0) is 30.5 Å². The average molecular weight is 300 g/mol.